The van der Waals surface area contributed by atoms with Crippen LogP contribution in [0.1, 0.15) is 26.7 Å². The molecule has 0 aliphatic carbocycles. The van der Waals surface area contributed by atoms with Crippen molar-refractivity contribution in [3.05, 3.63) is 18.2 Å². The number of rotatable bonds is 3. The van der Waals surface area contributed by atoms with Gasteiger partial charge in [-0.25, -0.2) is 0 Å². The van der Waals surface area contributed by atoms with Gasteiger partial charge in [0.2, 0.25) is 0 Å². The number of hydrogen-bond donors (Lipinski definition) is 2. The van der Waals surface area contributed by atoms with Crippen LogP contribution in [0.25, 0.3) is 0 Å². The van der Waals surface area contributed by atoms with E-state index in [1.807, 2.05) is 6.07 Å². The van der Waals surface area contributed by atoms with Crippen LogP contribution in [0, 0.1) is 0 Å². The van der Waals surface area contributed by atoms with E-state index in [9.17, 15) is 5.11 Å². The first-order valence-electron chi connectivity index (χ1n) is 6.37. The quantitative estimate of drug-likeness (QED) is 0.867. The lowest BCUT2D eigenvalue weighted by atomic mass is 9.99. The van der Waals surface area contributed by atoms with Crippen LogP contribution in [0.2, 0.25) is 0 Å². The Hall–Kier alpha value is -1.42. The molecule has 1 fully saturated rings. The lowest BCUT2D eigenvalue weighted by molar-refractivity contribution is -0.0337. The van der Waals surface area contributed by atoms with Gasteiger partial charge in [0.1, 0.15) is 0 Å². The second-order valence-electron chi connectivity index (χ2n) is 4.96. The van der Waals surface area contributed by atoms with E-state index in [4.69, 9.17) is 9.47 Å². The molecule has 2 atom stereocenters. The molecule has 0 spiro atoms. The summed E-state index contributed by atoms with van der Waals surface area (Å²) in [7, 11) is 1.55. The van der Waals surface area contributed by atoms with Crippen LogP contribution in [0.3, 0.4) is 0 Å². The molecule has 1 aliphatic rings. The largest absolute Gasteiger partial charge is 0.504 e. The molecule has 0 radical (unpaired) electrons. The topological polar surface area (TPSA) is 50.7 Å². The first kappa shape index (κ1) is 13.0. The molecule has 18 heavy (non-hydrogen) atoms. The van der Waals surface area contributed by atoms with Gasteiger partial charge in [-0.1, -0.05) is 0 Å². The lowest BCUT2D eigenvalue weighted by Crippen LogP contribution is -2.36. The second-order valence-corrected chi connectivity index (χ2v) is 4.96. The van der Waals surface area contributed by atoms with Gasteiger partial charge in [-0.3, -0.25) is 0 Å². The van der Waals surface area contributed by atoms with E-state index >= 15 is 0 Å². The molecule has 1 heterocycles. The predicted octanol–water partition coefficient (Wildman–Crippen LogP) is 2.77. The van der Waals surface area contributed by atoms with Crippen LogP contribution in [0.5, 0.6) is 11.5 Å². The Morgan fingerprint density at radius 3 is 2.50 bits per heavy atom. The number of methoxy groups -OCH3 is 1. The maximum atomic E-state index is 9.74. The van der Waals surface area contributed by atoms with Crippen LogP contribution in [-0.4, -0.2) is 30.5 Å². The summed E-state index contributed by atoms with van der Waals surface area (Å²) in [5.41, 5.74) is 0.916. The van der Waals surface area contributed by atoms with E-state index in [2.05, 4.69) is 19.2 Å². The highest BCUT2D eigenvalue weighted by atomic mass is 16.5. The Morgan fingerprint density at radius 2 is 1.94 bits per heavy atom. The number of aromatic hydroxyl groups is 1. The number of hydrogen-bond acceptors (Lipinski definition) is 4. The average molecular weight is 251 g/mol. The molecule has 4 heteroatoms. The normalized spacial score (nSPS) is 27.8. The van der Waals surface area contributed by atoms with E-state index in [1.165, 1.54) is 0 Å². The van der Waals surface area contributed by atoms with Gasteiger partial charge in [0.05, 0.1) is 19.3 Å². The van der Waals surface area contributed by atoms with E-state index in [-0.39, 0.29) is 18.0 Å². The van der Waals surface area contributed by atoms with Crippen LogP contribution in [0.4, 0.5) is 5.69 Å². The molecular formula is C14H21NO3. The zero-order chi connectivity index (χ0) is 13.1. The van der Waals surface area contributed by atoms with Gasteiger partial charge in [-0.05, 0) is 38.8 Å². The molecule has 2 N–H and O–H groups in total. The zero-order valence-electron chi connectivity index (χ0n) is 11.1. The van der Waals surface area contributed by atoms with Crippen LogP contribution < -0.4 is 10.1 Å². The molecule has 0 amide bonds. The summed E-state index contributed by atoms with van der Waals surface area (Å²) in [4.78, 5) is 0. The van der Waals surface area contributed by atoms with Crippen molar-refractivity contribution in [1.82, 2.24) is 0 Å². The number of ether oxygens (including phenoxy) is 2. The van der Waals surface area contributed by atoms with Crippen LogP contribution >= 0.6 is 0 Å². The minimum atomic E-state index is 0.163. The molecule has 0 saturated carbocycles. The van der Waals surface area contributed by atoms with Crippen molar-refractivity contribution in [2.24, 2.45) is 0 Å². The third-order valence-electron chi connectivity index (χ3n) is 3.25. The summed E-state index contributed by atoms with van der Waals surface area (Å²) in [6, 6.07) is 5.77. The maximum Gasteiger partial charge on any atom is 0.160 e. The highest BCUT2D eigenvalue weighted by Gasteiger charge is 2.24. The van der Waals surface area contributed by atoms with Gasteiger partial charge in [0, 0.05) is 17.8 Å². The van der Waals surface area contributed by atoms with Crippen molar-refractivity contribution >= 4 is 5.69 Å². The van der Waals surface area contributed by atoms with Crippen molar-refractivity contribution in [2.45, 2.75) is 44.9 Å². The molecule has 0 aromatic heterocycles. The first-order chi connectivity index (χ1) is 8.58. The van der Waals surface area contributed by atoms with E-state index < -0.39 is 0 Å². The highest BCUT2D eigenvalue weighted by Crippen LogP contribution is 2.30. The monoisotopic (exact) mass is 251 g/mol. The van der Waals surface area contributed by atoms with Crippen molar-refractivity contribution in [2.75, 3.05) is 12.4 Å². The molecule has 2 rings (SSSR count). The van der Waals surface area contributed by atoms with Crippen molar-refractivity contribution < 1.29 is 14.6 Å². The minimum Gasteiger partial charge on any atom is -0.504 e. The molecule has 4 nitrogen and oxygen atoms in total. The van der Waals surface area contributed by atoms with Crippen molar-refractivity contribution in [3.63, 3.8) is 0 Å². The first-order valence-corrected chi connectivity index (χ1v) is 6.37. The average Bonchev–Trinajstić information content (AvgIpc) is 2.27. The fourth-order valence-electron chi connectivity index (χ4n) is 2.54. The second kappa shape index (κ2) is 5.48. The standard InChI is InChI=1S/C14H21NO3/c1-9-6-12(7-10(2)18-9)15-11-4-5-14(17-3)13(16)8-11/h4-5,8-10,12,15-16H,6-7H2,1-3H3. The van der Waals surface area contributed by atoms with E-state index in [1.54, 1.807) is 19.2 Å². The molecule has 0 bridgehead atoms. The van der Waals surface area contributed by atoms with E-state index in [0.29, 0.717) is 11.8 Å². The Morgan fingerprint density at radius 1 is 1.28 bits per heavy atom. The molecule has 2 unspecified atom stereocenters. The minimum absolute atomic E-state index is 0.163. The Labute approximate surface area is 108 Å². The summed E-state index contributed by atoms with van der Waals surface area (Å²) in [5.74, 6) is 0.657. The van der Waals surface area contributed by atoms with Gasteiger partial charge in [0.25, 0.3) is 0 Å². The number of nitrogens with one attached hydrogen (secondary N) is 1. The van der Waals surface area contributed by atoms with Crippen LogP contribution in [0.15, 0.2) is 18.2 Å². The molecule has 1 saturated heterocycles. The van der Waals surface area contributed by atoms with Gasteiger partial charge in [-0.15, -0.1) is 0 Å². The molecule has 1 aromatic carbocycles. The number of anilines is 1. The highest BCUT2D eigenvalue weighted by molar-refractivity contribution is 5.54. The lowest BCUT2D eigenvalue weighted by Gasteiger charge is -2.33. The summed E-state index contributed by atoms with van der Waals surface area (Å²) < 4.78 is 10.7. The zero-order valence-corrected chi connectivity index (χ0v) is 11.1. The summed E-state index contributed by atoms with van der Waals surface area (Å²) in [6.45, 7) is 4.19. The molecule has 100 valence electrons. The number of phenolic OH excluding ortho intramolecular Hbond substituents is 1. The summed E-state index contributed by atoms with van der Waals surface area (Å²) in [5, 5.41) is 13.2. The molecular weight excluding hydrogens is 230 g/mol. The maximum absolute atomic E-state index is 9.74. The van der Waals surface area contributed by atoms with Crippen LogP contribution in [-0.2, 0) is 4.74 Å². The summed E-state index contributed by atoms with van der Waals surface area (Å²) >= 11 is 0. The third-order valence-corrected chi connectivity index (χ3v) is 3.25. The van der Waals surface area contributed by atoms with Crippen molar-refractivity contribution in [3.8, 4) is 11.5 Å². The number of phenols is 1. The molecule has 1 aliphatic heterocycles. The van der Waals surface area contributed by atoms with Crippen molar-refractivity contribution in [1.29, 1.82) is 0 Å². The smallest absolute Gasteiger partial charge is 0.160 e. The summed E-state index contributed by atoms with van der Waals surface area (Å²) in [6.07, 6.45) is 2.52. The van der Waals surface area contributed by atoms with Gasteiger partial charge in [0.15, 0.2) is 11.5 Å². The number of benzene rings is 1. The SMILES string of the molecule is COc1ccc(NC2CC(C)OC(C)C2)cc1O. The van der Waals surface area contributed by atoms with Gasteiger partial charge < -0.3 is 19.9 Å². The Bertz CT molecular complexity index is 398. The fourth-order valence-corrected chi connectivity index (χ4v) is 2.54. The third kappa shape index (κ3) is 3.07. The van der Waals surface area contributed by atoms with Gasteiger partial charge >= 0.3 is 0 Å². The Kier molecular flexibility index (Phi) is 3.97. The Balaban J connectivity index is 2.02. The van der Waals surface area contributed by atoms with Gasteiger partial charge in [-0.2, -0.15) is 0 Å². The molecule has 1 aromatic rings. The van der Waals surface area contributed by atoms with E-state index in [0.717, 1.165) is 18.5 Å². The predicted molar refractivity (Wildman–Crippen MR) is 71.3 cm³/mol. The fraction of sp³-hybridized carbons (Fsp3) is 0.571.